The lowest BCUT2D eigenvalue weighted by Gasteiger charge is -2.19. The van der Waals surface area contributed by atoms with E-state index in [4.69, 9.17) is 16.3 Å². The first-order chi connectivity index (χ1) is 14.9. The smallest absolute Gasteiger partial charge is 0.273 e. The maximum Gasteiger partial charge on any atom is 0.273 e. The molecule has 162 valence electrons. The van der Waals surface area contributed by atoms with Gasteiger partial charge < -0.3 is 15.0 Å². The minimum Gasteiger partial charge on any atom is -0.486 e. The number of anilines is 1. The number of hydrogen-bond donors (Lipinski definition) is 1. The fourth-order valence-electron chi connectivity index (χ4n) is 2.61. The van der Waals surface area contributed by atoms with Crippen LogP contribution in [-0.4, -0.2) is 34.8 Å². The summed E-state index contributed by atoms with van der Waals surface area (Å²) < 4.78 is 33.0. The fourth-order valence-corrected chi connectivity index (χ4v) is 3.42. The molecule has 0 saturated carbocycles. The molecule has 0 saturated heterocycles. The summed E-state index contributed by atoms with van der Waals surface area (Å²) in [6.45, 7) is 1.68. The lowest BCUT2D eigenvalue weighted by molar-refractivity contribution is -0.116. The highest BCUT2D eigenvalue weighted by molar-refractivity contribution is 7.09. The van der Waals surface area contributed by atoms with E-state index in [0.717, 1.165) is 12.1 Å². The molecule has 0 bridgehead atoms. The number of ether oxygens (including phenoxy) is 1. The number of carbonyl (C=O) groups excluding carboxylic acids is 2. The molecule has 0 aliphatic carbocycles. The topological polar surface area (TPSA) is 71.5 Å². The van der Waals surface area contributed by atoms with Gasteiger partial charge in [-0.05, 0) is 43.3 Å². The van der Waals surface area contributed by atoms with Crippen LogP contribution in [0.25, 0.3) is 0 Å². The van der Waals surface area contributed by atoms with Crippen molar-refractivity contribution < 1.29 is 23.1 Å². The molecule has 3 aromatic rings. The molecule has 2 amide bonds. The number of para-hydroxylation sites is 1. The van der Waals surface area contributed by atoms with Crippen molar-refractivity contribution in [3.63, 3.8) is 0 Å². The third-order valence-electron chi connectivity index (χ3n) is 4.18. The van der Waals surface area contributed by atoms with Crippen LogP contribution in [0.2, 0.25) is 5.02 Å². The van der Waals surface area contributed by atoms with Gasteiger partial charge in [-0.1, -0.05) is 17.7 Å². The summed E-state index contributed by atoms with van der Waals surface area (Å²) in [6, 6.07) is 10.1. The summed E-state index contributed by atoms with van der Waals surface area (Å²) in [5.41, 5.74) is -0.391. The number of nitrogens with one attached hydrogen (secondary N) is 1. The van der Waals surface area contributed by atoms with Crippen LogP contribution in [0.4, 0.5) is 14.5 Å². The summed E-state index contributed by atoms with van der Waals surface area (Å²) in [5.74, 6) is -2.37. The Morgan fingerprint density at radius 3 is 2.48 bits per heavy atom. The summed E-state index contributed by atoms with van der Waals surface area (Å²) in [4.78, 5) is 30.4. The number of nitrogens with zero attached hydrogens (tertiary/aromatic N) is 2. The molecule has 1 N–H and O–H groups in total. The first kappa shape index (κ1) is 22.6. The van der Waals surface area contributed by atoms with E-state index in [9.17, 15) is 18.4 Å². The molecule has 2 aromatic carbocycles. The third kappa shape index (κ3) is 5.99. The number of amides is 2. The number of thiazole rings is 1. The quantitative estimate of drug-likeness (QED) is 0.521. The predicted octanol–water partition coefficient (Wildman–Crippen LogP) is 4.75. The van der Waals surface area contributed by atoms with Gasteiger partial charge in [0.1, 0.15) is 46.9 Å². The van der Waals surface area contributed by atoms with Gasteiger partial charge in [0.15, 0.2) is 0 Å². The minimum absolute atomic E-state index is 0.159. The first-order valence-corrected chi connectivity index (χ1v) is 10.5. The van der Waals surface area contributed by atoms with Crippen LogP contribution in [0.5, 0.6) is 5.75 Å². The van der Waals surface area contributed by atoms with Gasteiger partial charge in [0, 0.05) is 16.9 Å². The SMILES string of the molecule is CCN(CC(=O)Nc1c(F)cccc1F)C(=O)c1csc(COc2ccc(Cl)cc2)n1. The highest BCUT2D eigenvalue weighted by atomic mass is 35.5. The predicted molar refractivity (Wildman–Crippen MR) is 114 cm³/mol. The van der Waals surface area contributed by atoms with Gasteiger partial charge >= 0.3 is 0 Å². The van der Waals surface area contributed by atoms with Crippen LogP contribution in [0.1, 0.15) is 22.4 Å². The van der Waals surface area contributed by atoms with Gasteiger partial charge in [-0.2, -0.15) is 0 Å². The summed E-state index contributed by atoms with van der Waals surface area (Å²) in [7, 11) is 0. The monoisotopic (exact) mass is 465 g/mol. The molecule has 3 rings (SSSR count). The molecule has 31 heavy (non-hydrogen) atoms. The second-order valence-corrected chi connectivity index (χ2v) is 7.71. The van der Waals surface area contributed by atoms with E-state index in [1.54, 1.807) is 36.6 Å². The summed E-state index contributed by atoms with van der Waals surface area (Å²) >= 11 is 7.08. The Morgan fingerprint density at radius 1 is 1.16 bits per heavy atom. The molecule has 6 nitrogen and oxygen atoms in total. The number of aromatic nitrogens is 1. The van der Waals surface area contributed by atoms with Gasteiger partial charge in [-0.3, -0.25) is 9.59 Å². The van der Waals surface area contributed by atoms with E-state index in [1.807, 2.05) is 0 Å². The van der Waals surface area contributed by atoms with Crippen LogP contribution in [0, 0.1) is 11.6 Å². The van der Waals surface area contributed by atoms with Crippen molar-refractivity contribution in [3.8, 4) is 5.75 Å². The average molecular weight is 466 g/mol. The molecular weight excluding hydrogens is 448 g/mol. The zero-order valence-corrected chi connectivity index (χ0v) is 18.0. The van der Waals surface area contributed by atoms with Gasteiger partial charge in [0.25, 0.3) is 5.91 Å². The Balaban J connectivity index is 1.60. The number of carbonyl (C=O) groups is 2. The number of likely N-dealkylation sites (N-methyl/N-ethyl adjacent to an activating group) is 1. The van der Waals surface area contributed by atoms with E-state index >= 15 is 0 Å². The molecule has 0 aliphatic rings. The number of hydrogen-bond acceptors (Lipinski definition) is 5. The van der Waals surface area contributed by atoms with E-state index in [0.29, 0.717) is 15.8 Å². The number of halogens is 3. The Labute approximate surface area is 186 Å². The second-order valence-electron chi connectivity index (χ2n) is 6.33. The Bertz CT molecular complexity index is 1060. The molecule has 0 fully saturated rings. The van der Waals surface area contributed by atoms with E-state index in [1.165, 1.54) is 22.3 Å². The van der Waals surface area contributed by atoms with Gasteiger partial charge in [0.05, 0.1) is 0 Å². The highest BCUT2D eigenvalue weighted by Gasteiger charge is 2.21. The molecule has 1 aromatic heterocycles. The maximum absolute atomic E-state index is 13.7. The molecule has 0 aliphatic heterocycles. The Kier molecular flexibility index (Phi) is 7.54. The van der Waals surface area contributed by atoms with Crippen molar-refractivity contribution in [1.29, 1.82) is 0 Å². The van der Waals surface area contributed by atoms with Gasteiger partial charge in [0.2, 0.25) is 5.91 Å². The van der Waals surface area contributed by atoms with Crippen LogP contribution in [-0.2, 0) is 11.4 Å². The van der Waals surface area contributed by atoms with Crippen molar-refractivity contribution in [1.82, 2.24) is 9.88 Å². The molecule has 0 spiro atoms. The fraction of sp³-hybridized carbons (Fsp3) is 0.190. The number of rotatable bonds is 8. The first-order valence-electron chi connectivity index (χ1n) is 9.23. The highest BCUT2D eigenvalue weighted by Crippen LogP contribution is 2.20. The Hall–Kier alpha value is -3.04. The molecule has 0 radical (unpaired) electrons. The molecule has 0 unspecified atom stereocenters. The van der Waals surface area contributed by atoms with Crippen LogP contribution < -0.4 is 10.1 Å². The second kappa shape index (κ2) is 10.3. The standard InChI is InChI=1S/C21H18ClF2N3O3S/c1-2-27(10-18(28)26-20-15(23)4-3-5-16(20)24)21(29)17-12-31-19(25-17)11-30-14-8-6-13(22)7-9-14/h3-9,12H,2,10-11H2,1H3,(H,26,28). The lowest BCUT2D eigenvalue weighted by Crippen LogP contribution is -2.38. The zero-order valence-electron chi connectivity index (χ0n) is 16.4. The Morgan fingerprint density at radius 2 is 1.84 bits per heavy atom. The molecule has 1 heterocycles. The normalized spacial score (nSPS) is 10.6. The van der Waals surface area contributed by atoms with Crippen LogP contribution in [0.3, 0.4) is 0 Å². The number of benzene rings is 2. The van der Waals surface area contributed by atoms with Crippen molar-refractivity contribution in [2.24, 2.45) is 0 Å². The summed E-state index contributed by atoms with van der Waals surface area (Å²) in [5, 5.41) is 4.91. The molecule has 10 heteroatoms. The minimum atomic E-state index is -0.896. The molecule has 0 atom stereocenters. The van der Waals surface area contributed by atoms with Crippen LogP contribution >= 0.6 is 22.9 Å². The van der Waals surface area contributed by atoms with Crippen molar-refractivity contribution in [3.05, 3.63) is 75.2 Å². The third-order valence-corrected chi connectivity index (χ3v) is 5.25. The van der Waals surface area contributed by atoms with E-state index in [-0.39, 0.29) is 25.4 Å². The van der Waals surface area contributed by atoms with Gasteiger partial charge in [-0.25, -0.2) is 13.8 Å². The van der Waals surface area contributed by atoms with Crippen molar-refractivity contribution in [2.45, 2.75) is 13.5 Å². The van der Waals surface area contributed by atoms with Crippen molar-refractivity contribution >= 4 is 40.4 Å². The van der Waals surface area contributed by atoms with Gasteiger partial charge in [-0.15, -0.1) is 11.3 Å². The summed E-state index contributed by atoms with van der Waals surface area (Å²) in [6.07, 6.45) is 0. The van der Waals surface area contributed by atoms with Crippen molar-refractivity contribution in [2.75, 3.05) is 18.4 Å². The largest absolute Gasteiger partial charge is 0.486 e. The zero-order chi connectivity index (χ0) is 22.4. The average Bonchev–Trinajstić information content (AvgIpc) is 3.23. The lowest BCUT2D eigenvalue weighted by atomic mass is 10.3. The maximum atomic E-state index is 13.7. The molecular formula is C21H18ClF2N3O3S. The van der Waals surface area contributed by atoms with E-state index in [2.05, 4.69) is 10.3 Å². The van der Waals surface area contributed by atoms with E-state index < -0.39 is 29.1 Å². The van der Waals surface area contributed by atoms with Crippen LogP contribution in [0.15, 0.2) is 47.8 Å².